The Morgan fingerprint density at radius 1 is 1.21 bits per heavy atom. The lowest BCUT2D eigenvalue weighted by atomic mass is 10.0. The van der Waals surface area contributed by atoms with Crippen LogP contribution in [-0.4, -0.2) is 12.9 Å². The zero-order valence-corrected chi connectivity index (χ0v) is 12.1. The predicted octanol–water partition coefficient (Wildman–Crippen LogP) is 4.14. The Hall–Kier alpha value is -1.68. The van der Waals surface area contributed by atoms with Gasteiger partial charge in [0.25, 0.3) is 0 Å². The second-order valence-corrected chi connectivity index (χ2v) is 4.99. The van der Waals surface area contributed by atoms with E-state index in [0.29, 0.717) is 10.0 Å². The van der Waals surface area contributed by atoms with E-state index in [1.807, 2.05) is 19.1 Å². The summed E-state index contributed by atoms with van der Waals surface area (Å²) in [5.74, 6) is -0.945. The lowest BCUT2D eigenvalue weighted by Gasteiger charge is -2.08. The normalized spacial score (nSPS) is 10.3. The van der Waals surface area contributed by atoms with Crippen LogP contribution in [0, 0.1) is 12.7 Å². The van der Waals surface area contributed by atoms with Gasteiger partial charge in [-0.15, -0.1) is 0 Å². The summed E-state index contributed by atoms with van der Waals surface area (Å²) in [5, 5.41) is 0. The van der Waals surface area contributed by atoms with Crippen molar-refractivity contribution in [3.05, 3.63) is 63.4 Å². The average molecular weight is 323 g/mol. The Morgan fingerprint density at radius 2 is 1.95 bits per heavy atom. The highest BCUT2D eigenvalue weighted by molar-refractivity contribution is 9.10. The Bertz CT molecular complexity index is 638. The summed E-state index contributed by atoms with van der Waals surface area (Å²) in [6.45, 7) is 1.92. The molecule has 0 atom stereocenters. The van der Waals surface area contributed by atoms with Crippen molar-refractivity contribution in [2.24, 2.45) is 0 Å². The highest BCUT2D eigenvalue weighted by Gasteiger charge is 2.19. The van der Waals surface area contributed by atoms with E-state index < -0.39 is 5.82 Å². The van der Waals surface area contributed by atoms with Gasteiger partial charge in [-0.1, -0.05) is 28.1 Å². The first-order valence-electron chi connectivity index (χ1n) is 5.68. The molecule has 2 aromatic rings. The van der Waals surface area contributed by atoms with Crippen molar-refractivity contribution in [3.8, 4) is 5.75 Å². The number of rotatable bonds is 3. The van der Waals surface area contributed by atoms with Gasteiger partial charge in [0.15, 0.2) is 17.3 Å². The van der Waals surface area contributed by atoms with Crippen molar-refractivity contribution in [1.82, 2.24) is 0 Å². The first kappa shape index (κ1) is 13.7. The lowest BCUT2D eigenvalue weighted by molar-refractivity contribution is 0.103. The van der Waals surface area contributed by atoms with Gasteiger partial charge in [-0.3, -0.25) is 4.79 Å². The van der Waals surface area contributed by atoms with Crippen molar-refractivity contribution in [2.45, 2.75) is 6.92 Å². The van der Waals surface area contributed by atoms with E-state index in [0.717, 1.165) is 5.56 Å². The summed E-state index contributed by atoms with van der Waals surface area (Å²) >= 11 is 3.33. The van der Waals surface area contributed by atoms with Gasteiger partial charge in [0.2, 0.25) is 0 Å². The summed E-state index contributed by atoms with van der Waals surface area (Å²) < 4.78 is 19.6. The molecule has 2 nitrogen and oxygen atoms in total. The van der Waals surface area contributed by atoms with Crippen LogP contribution in [0.2, 0.25) is 0 Å². The minimum Gasteiger partial charge on any atom is -0.494 e. The van der Waals surface area contributed by atoms with Crippen LogP contribution >= 0.6 is 15.9 Å². The van der Waals surface area contributed by atoms with Crippen LogP contribution in [0.25, 0.3) is 0 Å². The van der Waals surface area contributed by atoms with Crippen LogP contribution in [0.4, 0.5) is 4.39 Å². The maximum absolute atomic E-state index is 14.1. The number of hydrogen-bond acceptors (Lipinski definition) is 2. The highest BCUT2D eigenvalue weighted by Crippen LogP contribution is 2.26. The van der Waals surface area contributed by atoms with Crippen molar-refractivity contribution in [3.63, 3.8) is 0 Å². The van der Waals surface area contributed by atoms with Gasteiger partial charge in [0.05, 0.1) is 12.7 Å². The smallest absolute Gasteiger partial charge is 0.197 e. The number of ether oxygens (including phenoxy) is 1. The summed E-state index contributed by atoms with van der Waals surface area (Å²) in [4.78, 5) is 12.3. The molecular formula is C15H12BrFO2. The SMILES string of the molecule is COc1cccc(C(=O)c2ccc(C)cc2Br)c1F. The number of ketones is 1. The van der Waals surface area contributed by atoms with E-state index in [1.54, 1.807) is 12.1 Å². The Balaban J connectivity index is 2.50. The van der Waals surface area contributed by atoms with Crippen LogP contribution in [0.3, 0.4) is 0 Å². The third-order valence-electron chi connectivity index (χ3n) is 2.80. The molecule has 0 unspecified atom stereocenters. The fourth-order valence-electron chi connectivity index (χ4n) is 1.79. The molecule has 0 N–H and O–H groups in total. The van der Waals surface area contributed by atoms with E-state index in [9.17, 15) is 9.18 Å². The number of aryl methyl sites for hydroxylation is 1. The molecule has 0 radical (unpaired) electrons. The van der Waals surface area contributed by atoms with Crippen LogP contribution in [0.15, 0.2) is 40.9 Å². The number of benzene rings is 2. The lowest BCUT2D eigenvalue weighted by Crippen LogP contribution is -2.06. The highest BCUT2D eigenvalue weighted by atomic mass is 79.9. The van der Waals surface area contributed by atoms with Crippen molar-refractivity contribution >= 4 is 21.7 Å². The van der Waals surface area contributed by atoms with E-state index >= 15 is 0 Å². The van der Waals surface area contributed by atoms with E-state index in [-0.39, 0.29) is 17.1 Å². The standard InChI is InChI=1S/C15H12BrFO2/c1-9-6-7-10(12(16)8-9)15(18)11-4-3-5-13(19-2)14(11)17/h3-8H,1-2H3. The number of halogens is 2. The third-order valence-corrected chi connectivity index (χ3v) is 3.45. The molecule has 0 aliphatic carbocycles. The minimum absolute atomic E-state index is 0.00361. The minimum atomic E-state index is -0.637. The topological polar surface area (TPSA) is 26.3 Å². The average Bonchev–Trinajstić information content (AvgIpc) is 2.38. The molecule has 0 amide bonds. The maximum Gasteiger partial charge on any atom is 0.197 e. The van der Waals surface area contributed by atoms with Gasteiger partial charge in [0.1, 0.15) is 0 Å². The quantitative estimate of drug-likeness (QED) is 0.794. The fourth-order valence-corrected chi connectivity index (χ4v) is 2.47. The summed E-state index contributed by atoms with van der Waals surface area (Å²) in [6.07, 6.45) is 0. The van der Waals surface area contributed by atoms with Crippen molar-refractivity contribution in [2.75, 3.05) is 7.11 Å². The van der Waals surface area contributed by atoms with E-state index in [4.69, 9.17) is 4.74 Å². The number of hydrogen-bond donors (Lipinski definition) is 0. The van der Waals surface area contributed by atoms with Crippen LogP contribution in [0.1, 0.15) is 21.5 Å². The molecule has 4 heteroatoms. The van der Waals surface area contributed by atoms with Gasteiger partial charge in [-0.05, 0) is 36.8 Å². The zero-order chi connectivity index (χ0) is 14.0. The summed E-state index contributed by atoms with van der Waals surface area (Å²) in [7, 11) is 1.37. The molecule has 0 saturated carbocycles. The molecular weight excluding hydrogens is 311 g/mol. The maximum atomic E-state index is 14.1. The largest absolute Gasteiger partial charge is 0.494 e. The Kier molecular flexibility index (Phi) is 4.00. The second-order valence-electron chi connectivity index (χ2n) is 4.13. The number of methoxy groups -OCH3 is 1. The Morgan fingerprint density at radius 3 is 2.58 bits per heavy atom. The predicted molar refractivity (Wildman–Crippen MR) is 75.3 cm³/mol. The van der Waals surface area contributed by atoms with Gasteiger partial charge in [-0.25, -0.2) is 4.39 Å². The van der Waals surface area contributed by atoms with Crippen LogP contribution in [-0.2, 0) is 0 Å². The molecule has 0 aliphatic heterocycles. The molecule has 0 bridgehead atoms. The monoisotopic (exact) mass is 322 g/mol. The summed E-state index contributed by atoms with van der Waals surface area (Å²) in [5.41, 5.74) is 1.45. The van der Waals surface area contributed by atoms with Gasteiger partial charge >= 0.3 is 0 Å². The molecule has 2 rings (SSSR count). The van der Waals surface area contributed by atoms with Crippen LogP contribution in [0.5, 0.6) is 5.75 Å². The fraction of sp³-hybridized carbons (Fsp3) is 0.133. The first-order chi connectivity index (χ1) is 9.04. The molecule has 2 aromatic carbocycles. The molecule has 0 aromatic heterocycles. The van der Waals surface area contributed by atoms with E-state index in [1.165, 1.54) is 19.2 Å². The van der Waals surface area contributed by atoms with E-state index in [2.05, 4.69) is 15.9 Å². The molecule has 0 heterocycles. The number of carbonyl (C=O) groups excluding carboxylic acids is 1. The molecule has 0 fully saturated rings. The van der Waals surface area contributed by atoms with Gasteiger partial charge in [0, 0.05) is 10.0 Å². The molecule has 0 spiro atoms. The van der Waals surface area contributed by atoms with Gasteiger partial charge < -0.3 is 4.74 Å². The van der Waals surface area contributed by atoms with Crippen LogP contribution < -0.4 is 4.74 Å². The summed E-state index contributed by atoms with van der Waals surface area (Å²) in [6, 6.07) is 9.85. The second kappa shape index (κ2) is 5.53. The van der Waals surface area contributed by atoms with Crippen molar-refractivity contribution < 1.29 is 13.9 Å². The molecule has 0 saturated heterocycles. The van der Waals surface area contributed by atoms with Crippen molar-refractivity contribution in [1.29, 1.82) is 0 Å². The third kappa shape index (κ3) is 2.68. The first-order valence-corrected chi connectivity index (χ1v) is 6.47. The molecule has 98 valence electrons. The van der Waals surface area contributed by atoms with Gasteiger partial charge in [-0.2, -0.15) is 0 Å². The zero-order valence-electron chi connectivity index (χ0n) is 10.5. The molecule has 0 aliphatic rings. The Labute approximate surface area is 119 Å². The number of carbonyl (C=O) groups is 1. The molecule has 19 heavy (non-hydrogen) atoms.